The van der Waals surface area contributed by atoms with Gasteiger partial charge in [0.25, 0.3) is 0 Å². The predicted molar refractivity (Wildman–Crippen MR) is 119 cm³/mol. The lowest BCUT2D eigenvalue weighted by atomic mass is 10.1. The van der Waals surface area contributed by atoms with Crippen molar-refractivity contribution in [2.75, 3.05) is 25.1 Å². The molecular weight excluding hydrogens is 382 g/mol. The molecule has 30 heavy (non-hydrogen) atoms. The molecule has 0 bridgehead atoms. The standard InChI is InChI=1S/C24H27NO5/c1-4-25(5-2)19-10-8-18(22(28)15-19)9-12-21(27)16-20(26)11-6-17-7-13-24(30-3)23(29)14-17/h6-15,28-29H,4-5,16H2,1-3H3. The van der Waals surface area contributed by atoms with Gasteiger partial charge in [0.15, 0.2) is 23.1 Å². The first-order valence-corrected chi connectivity index (χ1v) is 9.74. The van der Waals surface area contributed by atoms with Gasteiger partial charge >= 0.3 is 0 Å². The number of ketones is 2. The van der Waals surface area contributed by atoms with Gasteiger partial charge in [0.1, 0.15) is 5.75 Å². The Bertz CT molecular complexity index is 958. The van der Waals surface area contributed by atoms with Crippen molar-refractivity contribution in [1.29, 1.82) is 0 Å². The van der Waals surface area contributed by atoms with Crippen LogP contribution in [0.5, 0.6) is 17.2 Å². The Morgan fingerprint density at radius 1 is 0.933 bits per heavy atom. The van der Waals surface area contributed by atoms with E-state index in [4.69, 9.17) is 4.74 Å². The molecule has 0 aliphatic heterocycles. The number of phenolic OH excluding ortho intramolecular Hbond substituents is 2. The first-order chi connectivity index (χ1) is 14.4. The number of ether oxygens (including phenoxy) is 1. The molecule has 0 aliphatic carbocycles. The average molecular weight is 409 g/mol. The molecular formula is C24H27NO5. The molecule has 0 saturated carbocycles. The second-order valence-corrected chi connectivity index (χ2v) is 6.62. The van der Waals surface area contributed by atoms with E-state index in [1.165, 1.54) is 37.5 Å². The number of hydrogen-bond acceptors (Lipinski definition) is 6. The minimum atomic E-state index is -0.366. The van der Waals surface area contributed by atoms with E-state index in [1.807, 2.05) is 19.9 Å². The van der Waals surface area contributed by atoms with Gasteiger partial charge in [-0.1, -0.05) is 12.1 Å². The van der Waals surface area contributed by atoms with Crippen LogP contribution in [0.25, 0.3) is 12.2 Å². The van der Waals surface area contributed by atoms with Gasteiger partial charge in [-0.25, -0.2) is 0 Å². The van der Waals surface area contributed by atoms with E-state index < -0.39 is 0 Å². The third-order valence-corrected chi connectivity index (χ3v) is 4.60. The van der Waals surface area contributed by atoms with Gasteiger partial charge in [0.2, 0.25) is 0 Å². The first kappa shape index (κ1) is 22.7. The van der Waals surface area contributed by atoms with Crippen molar-refractivity contribution in [3.05, 3.63) is 59.7 Å². The number of carbonyl (C=O) groups is 2. The number of phenols is 2. The molecule has 0 spiro atoms. The summed E-state index contributed by atoms with van der Waals surface area (Å²) in [6, 6.07) is 10.0. The maximum atomic E-state index is 12.1. The maximum Gasteiger partial charge on any atom is 0.163 e. The molecule has 2 N–H and O–H groups in total. The predicted octanol–water partition coefficient (Wildman–Crippen LogP) is 4.21. The van der Waals surface area contributed by atoms with Crippen molar-refractivity contribution in [2.45, 2.75) is 20.3 Å². The fourth-order valence-electron chi connectivity index (χ4n) is 2.93. The smallest absolute Gasteiger partial charge is 0.163 e. The second-order valence-electron chi connectivity index (χ2n) is 6.62. The van der Waals surface area contributed by atoms with E-state index in [2.05, 4.69) is 4.90 Å². The largest absolute Gasteiger partial charge is 0.507 e. The summed E-state index contributed by atoms with van der Waals surface area (Å²) in [7, 11) is 1.45. The number of hydrogen-bond donors (Lipinski definition) is 2. The summed E-state index contributed by atoms with van der Waals surface area (Å²) in [6.45, 7) is 5.73. The van der Waals surface area contributed by atoms with Crippen LogP contribution in [0.15, 0.2) is 48.6 Å². The van der Waals surface area contributed by atoms with Crippen LogP contribution in [0.2, 0.25) is 0 Å². The molecule has 0 amide bonds. The highest BCUT2D eigenvalue weighted by molar-refractivity contribution is 6.11. The molecule has 0 atom stereocenters. The third kappa shape index (κ3) is 6.24. The van der Waals surface area contributed by atoms with Crippen molar-refractivity contribution >= 4 is 29.4 Å². The molecule has 2 aromatic rings. The lowest BCUT2D eigenvalue weighted by molar-refractivity contribution is -0.121. The van der Waals surface area contributed by atoms with Crippen LogP contribution in [0.1, 0.15) is 31.4 Å². The molecule has 0 unspecified atom stereocenters. The molecule has 0 aromatic heterocycles. The van der Waals surface area contributed by atoms with E-state index in [0.29, 0.717) is 16.9 Å². The molecule has 6 nitrogen and oxygen atoms in total. The Hall–Kier alpha value is -3.54. The number of anilines is 1. The lowest BCUT2D eigenvalue weighted by Gasteiger charge is -2.21. The molecule has 2 aromatic carbocycles. The molecule has 2 rings (SSSR count). The number of allylic oxidation sites excluding steroid dienone is 2. The van der Waals surface area contributed by atoms with Gasteiger partial charge in [-0.05, 0) is 61.9 Å². The number of carbonyl (C=O) groups excluding carboxylic acids is 2. The van der Waals surface area contributed by atoms with Crippen molar-refractivity contribution in [3.8, 4) is 17.2 Å². The van der Waals surface area contributed by atoms with E-state index >= 15 is 0 Å². The summed E-state index contributed by atoms with van der Waals surface area (Å²) < 4.78 is 4.97. The van der Waals surface area contributed by atoms with Gasteiger partial charge in [0.05, 0.1) is 13.5 Å². The Morgan fingerprint density at radius 2 is 1.60 bits per heavy atom. The Balaban J connectivity index is 1.97. The molecule has 158 valence electrons. The Kier molecular flexibility index (Phi) is 8.23. The van der Waals surface area contributed by atoms with Gasteiger partial charge in [0, 0.05) is 30.4 Å². The van der Waals surface area contributed by atoms with E-state index in [0.717, 1.165) is 18.8 Å². The highest BCUT2D eigenvalue weighted by Gasteiger charge is 2.07. The number of methoxy groups -OCH3 is 1. The summed E-state index contributed by atoms with van der Waals surface area (Å²) in [5.74, 6) is -0.338. The summed E-state index contributed by atoms with van der Waals surface area (Å²) in [5, 5.41) is 19.9. The monoisotopic (exact) mass is 409 g/mol. The maximum absolute atomic E-state index is 12.1. The van der Waals surface area contributed by atoms with Crippen LogP contribution >= 0.6 is 0 Å². The molecule has 0 radical (unpaired) electrons. The quantitative estimate of drug-likeness (QED) is 0.452. The Labute approximate surface area is 176 Å². The summed E-state index contributed by atoms with van der Waals surface area (Å²) in [4.78, 5) is 26.2. The highest BCUT2D eigenvalue weighted by Crippen LogP contribution is 2.27. The minimum absolute atomic E-state index is 0.0297. The number of aromatic hydroxyl groups is 2. The fraction of sp³-hybridized carbons (Fsp3) is 0.250. The van der Waals surface area contributed by atoms with Crippen LogP contribution in [0.4, 0.5) is 5.69 Å². The topological polar surface area (TPSA) is 87.1 Å². The van der Waals surface area contributed by atoms with Crippen LogP contribution in [0, 0.1) is 0 Å². The Morgan fingerprint density at radius 3 is 2.17 bits per heavy atom. The van der Waals surface area contributed by atoms with Crippen molar-refractivity contribution in [1.82, 2.24) is 0 Å². The van der Waals surface area contributed by atoms with Gasteiger partial charge in [-0.2, -0.15) is 0 Å². The van der Waals surface area contributed by atoms with Crippen molar-refractivity contribution < 1.29 is 24.5 Å². The molecule has 0 saturated heterocycles. The van der Waals surface area contributed by atoms with E-state index in [-0.39, 0.29) is 29.5 Å². The summed E-state index contributed by atoms with van der Waals surface area (Å²) >= 11 is 0. The number of rotatable bonds is 10. The van der Waals surface area contributed by atoms with Crippen molar-refractivity contribution in [2.24, 2.45) is 0 Å². The zero-order valence-corrected chi connectivity index (χ0v) is 17.5. The van der Waals surface area contributed by atoms with Crippen LogP contribution in [-0.2, 0) is 9.59 Å². The van der Waals surface area contributed by atoms with E-state index in [1.54, 1.807) is 24.3 Å². The molecule has 0 fully saturated rings. The SMILES string of the molecule is CCN(CC)c1ccc(C=CC(=O)CC(=O)C=Cc2ccc(OC)c(O)c2)c(O)c1. The second kappa shape index (κ2) is 10.9. The zero-order chi connectivity index (χ0) is 22.1. The van der Waals surface area contributed by atoms with Gasteiger partial charge in [-0.15, -0.1) is 0 Å². The normalized spacial score (nSPS) is 11.2. The van der Waals surface area contributed by atoms with Crippen LogP contribution in [0.3, 0.4) is 0 Å². The zero-order valence-electron chi connectivity index (χ0n) is 17.5. The third-order valence-electron chi connectivity index (χ3n) is 4.60. The molecule has 6 heteroatoms. The van der Waals surface area contributed by atoms with Crippen molar-refractivity contribution in [3.63, 3.8) is 0 Å². The highest BCUT2D eigenvalue weighted by atomic mass is 16.5. The van der Waals surface area contributed by atoms with Crippen LogP contribution in [-0.4, -0.2) is 42.0 Å². The lowest BCUT2D eigenvalue weighted by Crippen LogP contribution is -2.21. The van der Waals surface area contributed by atoms with E-state index in [9.17, 15) is 19.8 Å². The molecule has 0 heterocycles. The van der Waals surface area contributed by atoms with Gasteiger partial charge in [-0.3, -0.25) is 9.59 Å². The number of nitrogens with zero attached hydrogens (tertiary/aromatic N) is 1. The van der Waals surface area contributed by atoms with Gasteiger partial charge < -0.3 is 19.8 Å². The first-order valence-electron chi connectivity index (χ1n) is 9.74. The minimum Gasteiger partial charge on any atom is -0.507 e. The summed E-state index contributed by atoms with van der Waals surface area (Å²) in [5.41, 5.74) is 2.03. The fourth-order valence-corrected chi connectivity index (χ4v) is 2.93. The molecule has 0 aliphatic rings. The number of benzene rings is 2. The summed E-state index contributed by atoms with van der Waals surface area (Å²) in [6.07, 6.45) is 5.33. The van der Waals surface area contributed by atoms with Crippen LogP contribution < -0.4 is 9.64 Å². The average Bonchev–Trinajstić information content (AvgIpc) is 2.72.